The molecule has 0 radical (unpaired) electrons. The highest BCUT2D eigenvalue weighted by atomic mass is 35.5. The molecule has 0 atom stereocenters. The largest absolute Gasteiger partial charge is 0.398 e. The molecular weight excluding hydrogens is 315 g/mol. The predicted octanol–water partition coefficient (Wildman–Crippen LogP) is 3.92. The van der Waals surface area contributed by atoms with Gasteiger partial charge in [0.1, 0.15) is 5.82 Å². The van der Waals surface area contributed by atoms with E-state index in [1.54, 1.807) is 29.2 Å². The highest BCUT2D eigenvalue weighted by molar-refractivity contribution is 5.99. The number of hydrogen-bond donors (Lipinski definition) is 1. The van der Waals surface area contributed by atoms with Gasteiger partial charge in [0.05, 0.1) is 5.56 Å². The van der Waals surface area contributed by atoms with Crippen LogP contribution < -0.4 is 5.73 Å². The number of nitrogens with two attached hydrogens (primary N) is 1. The van der Waals surface area contributed by atoms with Crippen molar-refractivity contribution in [1.82, 2.24) is 4.90 Å². The SMILES string of the molecule is CCCN(CCc1cccc(F)c1)C(=O)c1ccccc1N.Cl. The standard InChI is InChI=1S/C18H21FN2O.ClH/c1-2-11-21(12-10-14-6-5-7-15(19)13-14)18(22)16-8-3-4-9-17(16)20;/h3-9,13H,2,10-12,20H2,1H3;1H. The number of nitrogens with zero attached hydrogens (tertiary/aromatic N) is 1. The number of nitrogen functional groups attached to an aromatic ring is 1. The zero-order valence-electron chi connectivity index (χ0n) is 13.2. The highest BCUT2D eigenvalue weighted by Gasteiger charge is 2.17. The van der Waals surface area contributed by atoms with E-state index in [-0.39, 0.29) is 24.1 Å². The van der Waals surface area contributed by atoms with Gasteiger partial charge in [0, 0.05) is 18.8 Å². The molecule has 124 valence electrons. The molecular formula is C18H22ClFN2O. The third kappa shape index (κ3) is 5.25. The lowest BCUT2D eigenvalue weighted by atomic mass is 10.1. The summed E-state index contributed by atoms with van der Waals surface area (Å²) in [7, 11) is 0. The second kappa shape index (κ2) is 9.16. The van der Waals surface area contributed by atoms with E-state index in [2.05, 4.69) is 0 Å². The number of benzene rings is 2. The normalized spacial score (nSPS) is 10.0. The number of hydrogen-bond acceptors (Lipinski definition) is 2. The maximum absolute atomic E-state index is 13.2. The van der Waals surface area contributed by atoms with Crippen LogP contribution in [0.5, 0.6) is 0 Å². The summed E-state index contributed by atoms with van der Waals surface area (Å²) in [5.74, 6) is -0.325. The van der Waals surface area contributed by atoms with Crippen molar-refractivity contribution in [3.8, 4) is 0 Å². The molecule has 2 aromatic rings. The van der Waals surface area contributed by atoms with Crippen molar-refractivity contribution in [3.05, 3.63) is 65.5 Å². The molecule has 3 nitrogen and oxygen atoms in total. The molecule has 0 saturated carbocycles. The van der Waals surface area contributed by atoms with Crippen LogP contribution in [0.2, 0.25) is 0 Å². The van der Waals surface area contributed by atoms with Crippen LogP contribution in [0, 0.1) is 5.82 Å². The van der Waals surface area contributed by atoms with Gasteiger partial charge < -0.3 is 10.6 Å². The molecule has 2 rings (SSSR count). The molecule has 5 heteroatoms. The molecule has 0 unspecified atom stereocenters. The first kappa shape index (κ1) is 19.0. The molecule has 0 aliphatic carbocycles. The second-order valence-electron chi connectivity index (χ2n) is 5.26. The Morgan fingerprint density at radius 3 is 2.52 bits per heavy atom. The van der Waals surface area contributed by atoms with Crippen molar-refractivity contribution in [1.29, 1.82) is 0 Å². The first-order valence-corrected chi connectivity index (χ1v) is 7.50. The smallest absolute Gasteiger partial charge is 0.255 e. The van der Waals surface area contributed by atoms with Crippen LogP contribution in [-0.4, -0.2) is 23.9 Å². The van der Waals surface area contributed by atoms with Gasteiger partial charge in [-0.3, -0.25) is 4.79 Å². The maximum Gasteiger partial charge on any atom is 0.255 e. The van der Waals surface area contributed by atoms with E-state index in [0.29, 0.717) is 30.8 Å². The molecule has 0 saturated heterocycles. The van der Waals surface area contributed by atoms with Crippen molar-refractivity contribution < 1.29 is 9.18 Å². The fourth-order valence-electron chi connectivity index (χ4n) is 2.40. The average molecular weight is 337 g/mol. The number of carbonyl (C=O) groups is 1. The Labute approximate surface area is 142 Å². The fraction of sp³-hybridized carbons (Fsp3) is 0.278. The molecule has 0 fully saturated rings. The molecule has 0 aliphatic heterocycles. The molecule has 0 heterocycles. The molecule has 0 aromatic heterocycles. The first-order chi connectivity index (χ1) is 10.6. The van der Waals surface area contributed by atoms with Crippen LogP contribution >= 0.6 is 12.4 Å². The first-order valence-electron chi connectivity index (χ1n) is 7.50. The number of carbonyl (C=O) groups excluding carboxylic acids is 1. The Hall–Kier alpha value is -2.07. The van der Waals surface area contributed by atoms with Gasteiger partial charge in [0.2, 0.25) is 0 Å². The summed E-state index contributed by atoms with van der Waals surface area (Å²) in [5, 5.41) is 0. The van der Waals surface area contributed by atoms with E-state index in [1.165, 1.54) is 12.1 Å². The molecule has 0 aliphatic rings. The van der Waals surface area contributed by atoms with Crippen molar-refractivity contribution in [2.45, 2.75) is 19.8 Å². The molecule has 23 heavy (non-hydrogen) atoms. The van der Waals surface area contributed by atoms with Crippen molar-refractivity contribution >= 4 is 24.0 Å². The van der Waals surface area contributed by atoms with Crippen LogP contribution in [-0.2, 0) is 6.42 Å². The van der Waals surface area contributed by atoms with Crippen LogP contribution in [0.3, 0.4) is 0 Å². The van der Waals surface area contributed by atoms with E-state index in [4.69, 9.17) is 5.73 Å². The molecule has 1 amide bonds. The van der Waals surface area contributed by atoms with Gasteiger partial charge in [-0.2, -0.15) is 0 Å². The topological polar surface area (TPSA) is 46.3 Å². The number of amides is 1. The Bertz CT molecular complexity index is 648. The number of rotatable bonds is 6. The zero-order valence-corrected chi connectivity index (χ0v) is 14.0. The third-order valence-electron chi connectivity index (χ3n) is 3.53. The van der Waals surface area contributed by atoms with Crippen molar-refractivity contribution in [2.24, 2.45) is 0 Å². The Balaban J connectivity index is 0.00000264. The van der Waals surface area contributed by atoms with E-state index < -0.39 is 0 Å². The second-order valence-corrected chi connectivity index (χ2v) is 5.26. The summed E-state index contributed by atoms with van der Waals surface area (Å²) < 4.78 is 13.2. The van der Waals surface area contributed by atoms with Gasteiger partial charge in [-0.1, -0.05) is 31.2 Å². The fourth-order valence-corrected chi connectivity index (χ4v) is 2.40. The monoisotopic (exact) mass is 336 g/mol. The Kier molecular flexibility index (Phi) is 7.55. The minimum Gasteiger partial charge on any atom is -0.398 e. The van der Waals surface area contributed by atoms with Gasteiger partial charge in [0.25, 0.3) is 5.91 Å². The van der Waals surface area contributed by atoms with Gasteiger partial charge >= 0.3 is 0 Å². The third-order valence-corrected chi connectivity index (χ3v) is 3.53. The predicted molar refractivity (Wildman–Crippen MR) is 94.4 cm³/mol. The molecule has 0 spiro atoms. The minimum atomic E-state index is -0.252. The van der Waals surface area contributed by atoms with E-state index in [9.17, 15) is 9.18 Å². The zero-order chi connectivity index (χ0) is 15.9. The van der Waals surface area contributed by atoms with Crippen molar-refractivity contribution in [3.63, 3.8) is 0 Å². The Morgan fingerprint density at radius 1 is 1.13 bits per heavy atom. The number of para-hydroxylation sites is 1. The summed E-state index contributed by atoms with van der Waals surface area (Å²) in [6, 6.07) is 13.6. The summed E-state index contributed by atoms with van der Waals surface area (Å²) in [4.78, 5) is 14.4. The van der Waals surface area contributed by atoms with E-state index in [0.717, 1.165) is 12.0 Å². The minimum absolute atomic E-state index is 0. The van der Waals surface area contributed by atoms with Crippen molar-refractivity contribution in [2.75, 3.05) is 18.8 Å². The maximum atomic E-state index is 13.2. The number of anilines is 1. The summed E-state index contributed by atoms with van der Waals surface area (Å²) in [6.07, 6.45) is 1.48. The molecule has 2 N–H and O–H groups in total. The Morgan fingerprint density at radius 2 is 1.87 bits per heavy atom. The summed E-state index contributed by atoms with van der Waals surface area (Å²) >= 11 is 0. The lowest BCUT2D eigenvalue weighted by Gasteiger charge is -2.23. The van der Waals surface area contributed by atoms with Gasteiger partial charge in [0.15, 0.2) is 0 Å². The van der Waals surface area contributed by atoms with Gasteiger partial charge in [-0.15, -0.1) is 12.4 Å². The quantitative estimate of drug-likeness (QED) is 0.812. The number of halogens is 2. The van der Waals surface area contributed by atoms with E-state index in [1.807, 2.05) is 19.1 Å². The lowest BCUT2D eigenvalue weighted by molar-refractivity contribution is 0.0758. The molecule has 2 aromatic carbocycles. The van der Waals surface area contributed by atoms with Gasteiger partial charge in [-0.05, 0) is 42.7 Å². The van der Waals surface area contributed by atoms with Crippen LogP contribution in [0.25, 0.3) is 0 Å². The summed E-state index contributed by atoms with van der Waals surface area (Å²) in [5.41, 5.74) is 7.78. The molecule has 0 bridgehead atoms. The summed E-state index contributed by atoms with van der Waals surface area (Å²) in [6.45, 7) is 3.23. The van der Waals surface area contributed by atoms with Crippen LogP contribution in [0.1, 0.15) is 29.3 Å². The highest BCUT2D eigenvalue weighted by Crippen LogP contribution is 2.15. The van der Waals surface area contributed by atoms with E-state index >= 15 is 0 Å². The van der Waals surface area contributed by atoms with Gasteiger partial charge in [-0.25, -0.2) is 4.39 Å². The lowest BCUT2D eigenvalue weighted by Crippen LogP contribution is -2.34. The average Bonchev–Trinajstić information content (AvgIpc) is 2.51. The van der Waals surface area contributed by atoms with Crippen LogP contribution in [0.15, 0.2) is 48.5 Å². The van der Waals surface area contributed by atoms with Crippen LogP contribution in [0.4, 0.5) is 10.1 Å².